The number of nitrogens with one attached hydrogen (secondary N) is 1. The van der Waals surface area contributed by atoms with Crippen molar-refractivity contribution in [1.82, 2.24) is 19.6 Å². The number of nitrogens with zero attached hydrogens (tertiary/aromatic N) is 4. The largest absolute Gasteiger partial charge is 0.383 e. The van der Waals surface area contributed by atoms with Gasteiger partial charge in [-0.15, -0.1) is 0 Å². The Kier molecular flexibility index (Phi) is 5.20. The van der Waals surface area contributed by atoms with Crippen LogP contribution in [-0.2, 0) is 14.1 Å². The first-order valence-electron chi connectivity index (χ1n) is 10.9. The van der Waals surface area contributed by atoms with E-state index in [1.165, 1.54) is 23.8 Å². The van der Waals surface area contributed by atoms with Crippen LogP contribution in [0.4, 0.5) is 15.9 Å². The predicted molar refractivity (Wildman–Crippen MR) is 121 cm³/mol. The maximum absolute atomic E-state index is 13.5. The zero-order valence-corrected chi connectivity index (χ0v) is 18.8. The van der Waals surface area contributed by atoms with E-state index in [1.807, 2.05) is 17.9 Å². The molecule has 5 rings (SSSR count). The molecule has 3 N–H and O–H groups in total. The molecule has 2 saturated carbocycles. The lowest BCUT2D eigenvalue weighted by Crippen LogP contribution is -2.16. The van der Waals surface area contributed by atoms with Crippen LogP contribution in [0.5, 0.6) is 0 Å². The molecule has 168 valence electrons. The van der Waals surface area contributed by atoms with Crippen LogP contribution in [0.1, 0.15) is 59.1 Å². The number of hydrogen-bond donors (Lipinski definition) is 2. The standard InChI is InChI=1S/C23H26ClFN6O/c1-30-11-16(10-27-30)14-5-12-7-15(8-13(12)6-14)21-20(22(26)31(2)29-21)23(32)28-17-3-4-19(25)18(24)9-17/h3-4,9-15H,5-8,26H2,1-2H3,(H,28,32). The molecule has 7 nitrogen and oxygen atoms in total. The molecule has 9 heteroatoms. The molecule has 2 aliphatic carbocycles. The molecule has 2 heterocycles. The first kappa shape index (κ1) is 21.0. The molecule has 1 amide bonds. The second-order valence-corrected chi connectivity index (χ2v) is 9.56. The zero-order valence-electron chi connectivity index (χ0n) is 18.1. The highest BCUT2D eigenvalue weighted by molar-refractivity contribution is 6.31. The Bertz CT molecular complexity index is 1170. The number of benzene rings is 1. The summed E-state index contributed by atoms with van der Waals surface area (Å²) >= 11 is 5.85. The smallest absolute Gasteiger partial charge is 0.261 e. The van der Waals surface area contributed by atoms with Gasteiger partial charge in [0.2, 0.25) is 0 Å². The lowest BCUT2D eigenvalue weighted by Gasteiger charge is -2.14. The molecule has 2 atom stereocenters. The third-order valence-electron chi connectivity index (χ3n) is 7.12. The van der Waals surface area contributed by atoms with Crippen LogP contribution in [-0.4, -0.2) is 25.5 Å². The van der Waals surface area contributed by atoms with E-state index < -0.39 is 5.82 Å². The lowest BCUT2D eigenvalue weighted by atomic mass is 9.91. The fourth-order valence-electron chi connectivity index (χ4n) is 5.61. The second-order valence-electron chi connectivity index (χ2n) is 9.16. The number of hydrogen-bond acceptors (Lipinski definition) is 4. The van der Waals surface area contributed by atoms with Crippen molar-refractivity contribution in [2.75, 3.05) is 11.1 Å². The van der Waals surface area contributed by atoms with Gasteiger partial charge in [0.15, 0.2) is 0 Å². The lowest BCUT2D eigenvalue weighted by molar-refractivity contribution is 0.102. The molecule has 0 radical (unpaired) electrons. The molecule has 2 fully saturated rings. The molecular weight excluding hydrogens is 431 g/mol. The molecule has 0 aliphatic heterocycles. The number of amides is 1. The van der Waals surface area contributed by atoms with E-state index in [0.29, 0.717) is 34.8 Å². The quantitative estimate of drug-likeness (QED) is 0.606. The molecule has 0 spiro atoms. The molecule has 0 saturated heterocycles. The van der Waals surface area contributed by atoms with Gasteiger partial charge < -0.3 is 11.1 Å². The maximum Gasteiger partial charge on any atom is 0.261 e. The van der Waals surface area contributed by atoms with Crippen LogP contribution in [0, 0.1) is 17.7 Å². The predicted octanol–water partition coefficient (Wildman–Crippen LogP) is 4.47. The monoisotopic (exact) mass is 456 g/mol. The summed E-state index contributed by atoms with van der Waals surface area (Å²) in [6.07, 6.45) is 8.39. The van der Waals surface area contributed by atoms with E-state index >= 15 is 0 Å². The number of aromatic nitrogens is 4. The number of nitrogen functional groups attached to an aromatic ring is 1. The van der Waals surface area contributed by atoms with Crippen molar-refractivity contribution < 1.29 is 9.18 Å². The molecule has 3 aromatic rings. The molecule has 2 aromatic heterocycles. The van der Waals surface area contributed by atoms with E-state index in [2.05, 4.69) is 21.7 Å². The number of aryl methyl sites for hydroxylation is 2. The van der Waals surface area contributed by atoms with Crippen LogP contribution in [0.2, 0.25) is 5.02 Å². The van der Waals surface area contributed by atoms with Crippen molar-refractivity contribution in [3.63, 3.8) is 0 Å². The first-order valence-corrected chi connectivity index (χ1v) is 11.2. The average molecular weight is 457 g/mol. The summed E-state index contributed by atoms with van der Waals surface area (Å²) in [6, 6.07) is 4.09. The van der Waals surface area contributed by atoms with Gasteiger partial charge in [-0.3, -0.25) is 14.2 Å². The normalized spacial score (nSPS) is 24.6. The Morgan fingerprint density at radius 3 is 2.50 bits per heavy atom. The van der Waals surface area contributed by atoms with Crippen LogP contribution < -0.4 is 11.1 Å². The summed E-state index contributed by atoms with van der Waals surface area (Å²) in [5.41, 5.74) is 9.13. The van der Waals surface area contributed by atoms with Gasteiger partial charge in [-0.25, -0.2) is 4.39 Å². The number of carbonyl (C=O) groups excluding carboxylic acids is 1. The number of anilines is 2. The van der Waals surface area contributed by atoms with Crippen molar-refractivity contribution in [2.24, 2.45) is 25.9 Å². The molecule has 1 aromatic carbocycles. The molecular formula is C23H26ClFN6O. The number of nitrogens with two attached hydrogens (primary N) is 1. The molecule has 2 aliphatic rings. The molecule has 2 unspecified atom stereocenters. The van der Waals surface area contributed by atoms with Gasteiger partial charge in [0.05, 0.1) is 16.9 Å². The second kappa shape index (κ2) is 7.92. The minimum absolute atomic E-state index is 0.0472. The van der Waals surface area contributed by atoms with Gasteiger partial charge in [-0.1, -0.05) is 11.6 Å². The van der Waals surface area contributed by atoms with Crippen molar-refractivity contribution in [1.29, 1.82) is 0 Å². The first-order chi connectivity index (χ1) is 15.3. The van der Waals surface area contributed by atoms with Crippen molar-refractivity contribution in [3.05, 3.63) is 58.3 Å². The molecule has 32 heavy (non-hydrogen) atoms. The van der Waals surface area contributed by atoms with Gasteiger partial charge in [0, 0.05) is 31.9 Å². The van der Waals surface area contributed by atoms with Crippen LogP contribution in [0.15, 0.2) is 30.6 Å². The Hall–Kier alpha value is -2.87. The Morgan fingerprint density at radius 1 is 1.19 bits per heavy atom. The fourth-order valence-corrected chi connectivity index (χ4v) is 5.79. The fraction of sp³-hybridized carbons (Fsp3) is 0.435. The van der Waals surface area contributed by atoms with Crippen molar-refractivity contribution in [2.45, 2.75) is 37.5 Å². The van der Waals surface area contributed by atoms with Gasteiger partial charge in [0.1, 0.15) is 17.2 Å². The zero-order chi connectivity index (χ0) is 22.6. The van der Waals surface area contributed by atoms with E-state index in [9.17, 15) is 9.18 Å². The minimum atomic E-state index is -0.534. The van der Waals surface area contributed by atoms with E-state index in [0.717, 1.165) is 31.4 Å². The summed E-state index contributed by atoms with van der Waals surface area (Å²) in [7, 11) is 3.70. The highest BCUT2D eigenvalue weighted by Crippen LogP contribution is 2.55. The Morgan fingerprint density at radius 2 is 1.88 bits per heavy atom. The summed E-state index contributed by atoms with van der Waals surface area (Å²) in [5.74, 6) is 1.42. The van der Waals surface area contributed by atoms with Gasteiger partial charge >= 0.3 is 0 Å². The highest BCUT2D eigenvalue weighted by atomic mass is 35.5. The summed E-state index contributed by atoms with van der Waals surface area (Å²) < 4.78 is 16.9. The number of carbonyl (C=O) groups is 1. The Balaban J connectivity index is 1.34. The van der Waals surface area contributed by atoms with Crippen molar-refractivity contribution >= 4 is 29.0 Å². The highest BCUT2D eigenvalue weighted by Gasteiger charge is 2.44. The van der Waals surface area contributed by atoms with Crippen molar-refractivity contribution in [3.8, 4) is 0 Å². The van der Waals surface area contributed by atoms with E-state index in [-0.39, 0.29) is 16.8 Å². The molecule has 0 bridgehead atoms. The van der Waals surface area contributed by atoms with E-state index in [4.69, 9.17) is 17.3 Å². The summed E-state index contributed by atoms with van der Waals surface area (Å²) in [5, 5.41) is 11.7. The topological polar surface area (TPSA) is 90.8 Å². The number of halogens is 2. The third-order valence-corrected chi connectivity index (χ3v) is 7.41. The van der Waals surface area contributed by atoms with Gasteiger partial charge in [-0.2, -0.15) is 10.2 Å². The average Bonchev–Trinajstić information content (AvgIpc) is 3.48. The van der Waals surface area contributed by atoms with Crippen LogP contribution in [0.25, 0.3) is 0 Å². The number of fused-ring (bicyclic) bond motifs is 1. The van der Waals surface area contributed by atoms with Crippen LogP contribution >= 0.6 is 11.6 Å². The van der Waals surface area contributed by atoms with Gasteiger partial charge in [0.25, 0.3) is 5.91 Å². The van der Waals surface area contributed by atoms with Gasteiger partial charge in [-0.05, 0) is 67.2 Å². The minimum Gasteiger partial charge on any atom is -0.383 e. The maximum atomic E-state index is 13.5. The van der Waals surface area contributed by atoms with E-state index in [1.54, 1.807) is 11.7 Å². The summed E-state index contributed by atoms with van der Waals surface area (Å²) in [6.45, 7) is 0. The SMILES string of the molecule is Cn1cc(C2CC3CC(c4nn(C)c(N)c4C(=O)Nc4ccc(F)c(Cl)c4)CC3C2)cn1. The summed E-state index contributed by atoms with van der Waals surface area (Å²) in [4.78, 5) is 13.1. The third kappa shape index (κ3) is 3.66. The number of rotatable bonds is 4. The Labute approximate surface area is 190 Å². The van der Waals surface area contributed by atoms with Crippen LogP contribution in [0.3, 0.4) is 0 Å².